The highest BCUT2D eigenvalue weighted by Gasteiger charge is 2.34. The first-order valence-electron chi connectivity index (χ1n) is 6.07. The summed E-state index contributed by atoms with van der Waals surface area (Å²) in [5.74, 6) is -0.122. The van der Waals surface area contributed by atoms with Crippen LogP contribution in [-0.4, -0.2) is 35.9 Å². The first kappa shape index (κ1) is 13.5. The molecule has 0 aliphatic heterocycles. The van der Waals surface area contributed by atoms with E-state index >= 15 is 0 Å². The second kappa shape index (κ2) is 5.64. The molecule has 1 amide bonds. The highest BCUT2D eigenvalue weighted by Crippen LogP contribution is 2.20. The van der Waals surface area contributed by atoms with Crippen molar-refractivity contribution in [2.75, 3.05) is 7.11 Å². The molecule has 0 aromatic heterocycles. The zero-order valence-electron chi connectivity index (χ0n) is 10.5. The molecule has 0 aromatic carbocycles. The van der Waals surface area contributed by atoms with Gasteiger partial charge < -0.3 is 15.2 Å². The van der Waals surface area contributed by atoms with Crippen molar-refractivity contribution in [1.82, 2.24) is 5.32 Å². The summed E-state index contributed by atoms with van der Waals surface area (Å²) in [6.07, 6.45) is 3.96. The molecule has 0 spiro atoms. The average Bonchev–Trinajstić information content (AvgIpc) is 2.31. The topological polar surface area (TPSA) is 58.6 Å². The number of ether oxygens (including phenoxy) is 1. The highest BCUT2D eigenvalue weighted by atomic mass is 16.5. The van der Waals surface area contributed by atoms with Crippen LogP contribution in [0.25, 0.3) is 0 Å². The molecule has 4 heteroatoms. The van der Waals surface area contributed by atoms with Gasteiger partial charge in [0, 0.05) is 7.11 Å². The van der Waals surface area contributed by atoms with Gasteiger partial charge in [-0.2, -0.15) is 0 Å². The van der Waals surface area contributed by atoms with E-state index in [0.29, 0.717) is 6.42 Å². The molecule has 1 aliphatic carbocycles. The molecule has 1 aliphatic rings. The van der Waals surface area contributed by atoms with E-state index in [2.05, 4.69) is 5.32 Å². The number of aliphatic hydroxyl groups excluding tert-OH is 1. The lowest BCUT2D eigenvalue weighted by atomic mass is 9.91. The van der Waals surface area contributed by atoms with Crippen LogP contribution in [0, 0.1) is 0 Å². The minimum absolute atomic E-state index is 0.109. The molecule has 16 heavy (non-hydrogen) atoms. The van der Waals surface area contributed by atoms with E-state index in [4.69, 9.17) is 4.74 Å². The van der Waals surface area contributed by atoms with Crippen LogP contribution in [0.3, 0.4) is 0 Å². The van der Waals surface area contributed by atoms with Crippen LogP contribution in [0.5, 0.6) is 0 Å². The van der Waals surface area contributed by atoms with E-state index in [1.807, 2.05) is 6.92 Å². The minimum atomic E-state index is -0.781. The Hall–Kier alpha value is -0.610. The SMILES string of the molecule is CCC(C)(OC)C(=O)N[C@@H]1CCCC[C@H]1O. The molecule has 0 aromatic rings. The summed E-state index contributed by atoms with van der Waals surface area (Å²) >= 11 is 0. The molecule has 0 bridgehead atoms. The van der Waals surface area contributed by atoms with E-state index in [1.54, 1.807) is 14.0 Å². The second-order valence-electron chi connectivity index (χ2n) is 4.72. The third kappa shape index (κ3) is 2.95. The quantitative estimate of drug-likeness (QED) is 0.762. The summed E-state index contributed by atoms with van der Waals surface area (Å²) in [5, 5.41) is 12.7. The Bertz CT molecular complexity index is 238. The molecule has 0 saturated heterocycles. The van der Waals surface area contributed by atoms with Crippen molar-refractivity contribution >= 4 is 5.91 Å². The Balaban J connectivity index is 2.55. The number of nitrogens with one attached hydrogen (secondary N) is 1. The van der Waals surface area contributed by atoms with Gasteiger partial charge in [-0.15, -0.1) is 0 Å². The first-order valence-corrected chi connectivity index (χ1v) is 6.07. The van der Waals surface area contributed by atoms with Crippen LogP contribution >= 0.6 is 0 Å². The maximum absolute atomic E-state index is 12.0. The smallest absolute Gasteiger partial charge is 0.252 e. The molecule has 0 radical (unpaired) electrons. The lowest BCUT2D eigenvalue weighted by Crippen LogP contribution is -2.53. The summed E-state index contributed by atoms with van der Waals surface area (Å²) in [5.41, 5.74) is -0.781. The Morgan fingerprint density at radius 2 is 2.12 bits per heavy atom. The van der Waals surface area contributed by atoms with Crippen LogP contribution in [0.4, 0.5) is 0 Å². The summed E-state index contributed by atoms with van der Waals surface area (Å²) < 4.78 is 5.23. The third-order valence-electron chi connectivity index (χ3n) is 3.65. The van der Waals surface area contributed by atoms with Crippen molar-refractivity contribution < 1.29 is 14.6 Å². The van der Waals surface area contributed by atoms with E-state index < -0.39 is 11.7 Å². The summed E-state index contributed by atoms with van der Waals surface area (Å²) in [7, 11) is 1.54. The van der Waals surface area contributed by atoms with Crippen molar-refractivity contribution in [3.63, 3.8) is 0 Å². The van der Waals surface area contributed by atoms with Gasteiger partial charge in [0.05, 0.1) is 12.1 Å². The minimum Gasteiger partial charge on any atom is -0.391 e. The van der Waals surface area contributed by atoms with E-state index in [1.165, 1.54) is 0 Å². The van der Waals surface area contributed by atoms with Gasteiger partial charge in [-0.05, 0) is 26.2 Å². The van der Waals surface area contributed by atoms with Crippen molar-refractivity contribution in [3.8, 4) is 0 Å². The second-order valence-corrected chi connectivity index (χ2v) is 4.72. The van der Waals surface area contributed by atoms with Crippen LogP contribution in [0.15, 0.2) is 0 Å². The van der Waals surface area contributed by atoms with Crippen molar-refractivity contribution in [3.05, 3.63) is 0 Å². The number of aliphatic hydroxyl groups is 1. The molecule has 1 unspecified atom stereocenters. The molecular formula is C12H23NO3. The molecule has 3 atom stereocenters. The Morgan fingerprint density at radius 3 is 2.62 bits per heavy atom. The van der Waals surface area contributed by atoms with E-state index in [9.17, 15) is 9.90 Å². The van der Waals surface area contributed by atoms with Crippen LogP contribution in [0.2, 0.25) is 0 Å². The molecule has 1 saturated carbocycles. The molecular weight excluding hydrogens is 206 g/mol. The maximum Gasteiger partial charge on any atom is 0.252 e. The zero-order chi connectivity index (χ0) is 12.2. The summed E-state index contributed by atoms with van der Waals surface area (Å²) in [4.78, 5) is 12.0. The lowest BCUT2D eigenvalue weighted by Gasteiger charge is -2.32. The molecule has 1 fully saturated rings. The van der Waals surface area contributed by atoms with Gasteiger partial charge in [0.25, 0.3) is 5.91 Å². The highest BCUT2D eigenvalue weighted by molar-refractivity contribution is 5.85. The third-order valence-corrected chi connectivity index (χ3v) is 3.65. The van der Waals surface area contributed by atoms with E-state index in [0.717, 1.165) is 25.7 Å². The molecule has 0 heterocycles. The summed E-state index contributed by atoms with van der Waals surface area (Å²) in [6.45, 7) is 3.69. The number of amides is 1. The fourth-order valence-electron chi connectivity index (χ4n) is 2.00. The number of carbonyl (C=O) groups is 1. The van der Waals surface area contributed by atoms with Crippen molar-refractivity contribution in [2.45, 2.75) is 63.7 Å². The largest absolute Gasteiger partial charge is 0.391 e. The number of carbonyl (C=O) groups excluding carboxylic acids is 1. The van der Waals surface area contributed by atoms with Gasteiger partial charge in [-0.3, -0.25) is 4.79 Å². The van der Waals surface area contributed by atoms with Gasteiger partial charge >= 0.3 is 0 Å². The number of hydrogen-bond donors (Lipinski definition) is 2. The summed E-state index contributed by atoms with van der Waals surface area (Å²) in [6, 6.07) is -0.109. The predicted molar refractivity (Wildman–Crippen MR) is 62.1 cm³/mol. The molecule has 2 N–H and O–H groups in total. The van der Waals surface area contributed by atoms with Crippen molar-refractivity contribution in [1.29, 1.82) is 0 Å². The maximum atomic E-state index is 12.0. The first-order chi connectivity index (χ1) is 7.53. The van der Waals surface area contributed by atoms with Gasteiger partial charge in [-0.1, -0.05) is 19.8 Å². The molecule has 94 valence electrons. The van der Waals surface area contributed by atoms with Gasteiger partial charge in [0.15, 0.2) is 0 Å². The fourth-order valence-corrected chi connectivity index (χ4v) is 2.00. The number of rotatable bonds is 4. The van der Waals surface area contributed by atoms with Gasteiger partial charge in [-0.25, -0.2) is 0 Å². The Morgan fingerprint density at radius 1 is 1.50 bits per heavy atom. The van der Waals surface area contributed by atoms with Gasteiger partial charge in [0.1, 0.15) is 5.60 Å². The standard InChI is InChI=1S/C12H23NO3/c1-4-12(2,16-3)11(15)13-9-7-5-6-8-10(9)14/h9-10,14H,4-8H2,1-3H3,(H,13,15)/t9-,10-,12?/m1/s1. The Kier molecular flexibility index (Phi) is 4.74. The predicted octanol–water partition coefficient (Wildman–Crippen LogP) is 1.22. The van der Waals surface area contributed by atoms with E-state index in [-0.39, 0.29) is 11.9 Å². The average molecular weight is 229 g/mol. The van der Waals surface area contributed by atoms with Crippen LogP contribution < -0.4 is 5.32 Å². The normalized spacial score (nSPS) is 29.5. The molecule has 4 nitrogen and oxygen atoms in total. The number of hydrogen-bond acceptors (Lipinski definition) is 3. The number of methoxy groups -OCH3 is 1. The zero-order valence-corrected chi connectivity index (χ0v) is 10.5. The lowest BCUT2D eigenvalue weighted by molar-refractivity contribution is -0.143. The fraction of sp³-hybridized carbons (Fsp3) is 0.917. The van der Waals surface area contributed by atoms with Gasteiger partial charge in [0.2, 0.25) is 0 Å². The van der Waals surface area contributed by atoms with Crippen molar-refractivity contribution in [2.24, 2.45) is 0 Å². The van der Waals surface area contributed by atoms with Crippen LogP contribution in [-0.2, 0) is 9.53 Å². The monoisotopic (exact) mass is 229 g/mol. The Labute approximate surface area is 97.4 Å². The molecule has 1 rings (SSSR count). The van der Waals surface area contributed by atoms with Crippen LogP contribution in [0.1, 0.15) is 46.0 Å².